The molecule has 1 fully saturated rings. The van der Waals surface area contributed by atoms with Crippen molar-refractivity contribution in [3.63, 3.8) is 0 Å². The van der Waals surface area contributed by atoms with Crippen molar-refractivity contribution in [2.45, 2.75) is 45.8 Å². The fraction of sp³-hybridized carbons (Fsp3) is 0.750. The topological polar surface area (TPSA) is 47.1 Å². The second-order valence-electron chi connectivity index (χ2n) is 4.71. The fourth-order valence-corrected chi connectivity index (χ4v) is 2.34. The van der Waals surface area contributed by atoms with E-state index in [1.165, 1.54) is 5.69 Å². The number of nitrogens with zero attached hydrogens (tertiary/aromatic N) is 3. The molecule has 0 bridgehead atoms. The van der Waals surface area contributed by atoms with Gasteiger partial charge in [-0.1, -0.05) is 0 Å². The number of piperidine rings is 1. The molecule has 0 unspecified atom stereocenters. The molecule has 2 rings (SSSR count). The van der Waals surface area contributed by atoms with Gasteiger partial charge in [0.1, 0.15) is 0 Å². The lowest BCUT2D eigenvalue weighted by Gasteiger charge is -2.29. The molecule has 0 radical (unpaired) electrons. The van der Waals surface area contributed by atoms with Gasteiger partial charge in [-0.2, -0.15) is 5.10 Å². The Kier molecular flexibility index (Phi) is 3.61. The molecule has 2 heterocycles. The van der Waals surface area contributed by atoms with Gasteiger partial charge in [-0.25, -0.2) is 0 Å². The van der Waals surface area contributed by atoms with Gasteiger partial charge in [0.15, 0.2) is 0 Å². The Bertz CT molecular complexity index is 337. The molecule has 0 amide bonds. The van der Waals surface area contributed by atoms with Crippen LogP contribution < -0.4 is 5.73 Å². The summed E-state index contributed by atoms with van der Waals surface area (Å²) >= 11 is 0. The molecule has 0 atom stereocenters. The molecular weight excluding hydrogens is 200 g/mol. The van der Waals surface area contributed by atoms with Crippen LogP contribution in [0.15, 0.2) is 6.07 Å². The lowest BCUT2D eigenvalue weighted by atomic mass is 10.1. The average Bonchev–Trinajstić information content (AvgIpc) is 2.62. The molecule has 0 saturated carbocycles. The lowest BCUT2D eigenvalue weighted by Crippen LogP contribution is -2.39. The zero-order chi connectivity index (χ0) is 11.5. The molecular formula is C12H22N4. The van der Waals surface area contributed by atoms with E-state index in [4.69, 9.17) is 5.73 Å². The van der Waals surface area contributed by atoms with E-state index in [0.29, 0.717) is 6.04 Å². The third kappa shape index (κ3) is 2.62. The van der Waals surface area contributed by atoms with Crippen LogP contribution in [-0.2, 0) is 13.1 Å². The van der Waals surface area contributed by atoms with E-state index in [2.05, 4.69) is 34.6 Å². The highest BCUT2D eigenvalue weighted by molar-refractivity contribution is 5.09. The smallest absolute Gasteiger partial charge is 0.0597 e. The molecule has 4 heteroatoms. The summed E-state index contributed by atoms with van der Waals surface area (Å²) in [6, 6.07) is 2.60. The predicted molar refractivity (Wildman–Crippen MR) is 65.1 cm³/mol. The summed E-state index contributed by atoms with van der Waals surface area (Å²) in [4.78, 5) is 2.48. The average molecular weight is 222 g/mol. The monoisotopic (exact) mass is 222 g/mol. The Morgan fingerprint density at radius 2 is 2.12 bits per heavy atom. The molecule has 1 aromatic heterocycles. The summed E-state index contributed by atoms with van der Waals surface area (Å²) in [5, 5.41) is 4.47. The Hall–Kier alpha value is -0.870. The van der Waals surface area contributed by atoms with Crippen LogP contribution in [0.4, 0.5) is 0 Å². The standard InChI is InChI=1S/C12H22N4/c1-3-16-12(8-10(2)14-16)9-15-6-4-11(13)5-7-15/h8,11H,3-7,9,13H2,1-2H3. The maximum atomic E-state index is 5.91. The SMILES string of the molecule is CCn1nc(C)cc1CN1CCC(N)CC1. The van der Waals surface area contributed by atoms with Crippen molar-refractivity contribution in [1.82, 2.24) is 14.7 Å². The van der Waals surface area contributed by atoms with Gasteiger partial charge in [0.2, 0.25) is 0 Å². The Morgan fingerprint density at radius 3 is 2.75 bits per heavy atom. The van der Waals surface area contributed by atoms with Crippen molar-refractivity contribution in [1.29, 1.82) is 0 Å². The number of hydrogen-bond donors (Lipinski definition) is 1. The summed E-state index contributed by atoms with van der Waals surface area (Å²) in [7, 11) is 0. The van der Waals surface area contributed by atoms with Crippen molar-refractivity contribution in [3.8, 4) is 0 Å². The molecule has 0 spiro atoms. The molecule has 1 saturated heterocycles. The second kappa shape index (κ2) is 4.97. The highest BCUT2D eigenvalue weighted by Crippen LogP contribution is 2.13. The first kappa shape index (κ1) is 11.6. The summed E-state index contributed by atoms with van der Waals surface area (Å²) < 4.78 is 2.10. The molecule has 16 heavy (non-hydrogen) atoms. The third-order valence-electron chi connectivity index (χ3n) is 3.30. The maximum Gasteiger partial charge on any atom is 0.0597 e. The van der Waals surface area contributed by atoms with Crippen LogP contribution in [-0.4, -0.2) is 33.8 Å². The van der Waals surface area contributed by atoms with Crippen LogP contribution >= 0.6 is 0 Å². The van der Waals surface area contributed by atoms with E-state index in [0.717, 1.165) is 44.7 Å². The van der Waals surface area contributed by atoms with Crippen molar-refractivity contribution in [3.05, 3.63) is 17.5 Å². The van der Waals surface area contributed by atoms with Crippen molar-refractivity contribution in [2.75, 3.05) is 13.1 Å². The summed E-state index contributed by atoms with van der Waals surface area (Å²) in [6.45, 7) is 8.41. The first-order valence-corrected chi connectivity index (χ1v) is 6.20. The Morgan fingerprint density at radius 1 is 1.44 bits per heavy atom. The van der Waals surface area contributed by atoms with E-state index in [9.17, 15) is 0 Å². The van der Waals surface area contributed by atoms with E-state index in [-0.39, 0.29) is 0 Å². The van der Waals surface area contributed by atoms with E-state index in [1.807, 2.05) is 0 Å². The first-order valence-electron chi connectivity index (χ1n) is 6.20. The molecule has 0 aromatic carbocycles. The number of hydrogen-bond acceptors (Lipinski definition) is 3. The molecule has 90 valence electrons. The van der Waals surface area contributed by atoms with Gasteiger partial charge in [0, 0.05) is 32.2 Å². The molecule has 1 aliphatic rings. The summed E-state index contributed by atoms with van der Waals surface area (Å²) in [5.41, 5.74) is 8.35. The maximum absolute atomic E-state index is 5.91. The van der Waals surface area contributed by atoms with Gasteiger partial charge in [0.05, 0.1) is 11.4 Å². The van der Waals surface area contributed by atoms with E-state index >= 15 is 0 Å². The number of nitrogens with two attached hydrogens (primary N) is 1. The van der Waals surface area contributed by atoms with Crippen LogP contribution in [0, 0.1) is 6.92 Å². The summed E-state index contributed by atoms with van der Waals surface area (Å²) in [5.74, 6) is 0. The minimum absolute atomic E-state index is 0.411. The van der Waals surface area contributed by atoms with Crippen LogP contribution in [0.2, 0.25) is 0 Å². The highest BCUT2D eigenvalue weighted by atomic mass is 15.3. The summed E-state index contributed by atoms with van der Waals surface area (Å²) in [6.07, 6.45) is 2.25. The van der Waals surface area contributed by atoms with Gasteiger partial charge >= 0.3 is 0 Å². The van der Waals surface area contributed by atoms with Crippen LogP contribution in [0.3, 0.4) is 0 Å². The number of aryl methyl sites for hydroxylation is 2. The largest absolute Gasteiger partial charge is 0.328 e. The quantitative estimate of drug-likeness (QED) is 0.834. The van der Waals surface area contributed by atoms with Gasteiger partial charge in [-0.3, -0.25) is 9.58 Å². The van der Waals surface area contributed by atoms with Crippen molar-refractivity contribution in [2.24, 2.45) is 5.73 Å². The first-order chi connectivity index (χ1) is 7.69. The molecule has 0 aliphatic carbocycles. The van der Waals surface area contributed by atoms with Crippen molar-refractivity contribution < 1.29 is 0 Å². The highest BCUT2D eigenvalue weighted by Gasteiger charge is 2.17. The van der Waals surface area contributed by atoms with Crippen molar-refractivity contribution >= 4 is 0 Å². The fourth-order valence-electron chi connectivity index (χ4n) is 2.34. The Labute approximate surface area is 97.4 Å². The molecule has 1 aliphatic heterocycles. The van der Waals surface area contributed by atoms with E-state index in [1.54, 1.807) is 0 Å². The van der Waals surface area contributed by atoms with E-state index < -0.39 is 0 Å². The van der Waals surface area contributed by atoms with Gasteiger partial charge < -0.3 is 5.73 Å². The number of aromatic nitrogens is 2. The third-order valence-corrected chi connectivity index (χ3v) is 3.30. The number of rotatable bonds is 3. The zero-order valence-electron chi connectivity index (χ0n) is 10.3. The number of likely N-dealkylation sites (tertiary alicyclic amines) is 1. The molecule has 1 aromatic rings. The molecule has 2 N–H and O–H groups in total. The Balaban J connectivity index is 1.97. The predicted octanol–water partition coefficient (Wildman–Crippen LogP) is 1.13. The lowest BCUT2D eigenvalue weighted by molar-refractivity contribution is 0.200. The van der Waals surface area contributed by atoms with Crippen LogP contribution in [0.1, 0.15) is 31.2 Å². The normalized spacial score (nSPS) is 19.2. The minimum atomic E-state index is 0.411. The molecule has 4 nitrogen and oxygen atoms in total. The van der Waals surface area contributed by atoms with Crippen LogP contribution in [0.25, 0.3) is 0 Å². The minimum Gasteiger partial charge on any atom is -0.328 e. The van der Waals surface area contributed by atoms with Gasteiger partial charge in [0.25, 0.3) is 0 Å². The van der Waals surface area contributed by atoms with Crippen LogP contribution in [0.5, 0.6) is 0 Å². The van der Waals surface area contributed by atoms with Gasteiger partial charge in [-0.05, 0) is 32.8 Å². The zero-order valence-corrected chi connectivity index (χ0v) is 10.3. The van der Waals surface area contributed by atoms with Gasteiger partial charge in [-0.15, -0.1) is 0 Å². The second-order valence-corrected chi connectivity index (χ2v) is 4.71.